The van der Waals surface area contributed by atoms with Crippen LogP contribution in [0.25, 0.3) is 33.1 Å². The maximum absolute atomic E-state index is 17.3. The molecule has 3 unspecified atom stereocenters. The van der Waals surface area contributed by atoms with Gasteiger partial charge >= 0.3 is 6.01 Å². The van der Waals surface area contributed by atoms with Crippen LogP contribution >= 0.6 is 0 Å². The second kappa shape index (κ2) is 11.6. The van der Waals surface area contributed by atoms with Crippen molar-refractivity contribution in [2.75, 3.05) is 58.5 Å². The lowest BCUT2D eigenvalue weighted by Gasteiger charge is -2.44. The number of hydrogen-bond donors (Lipinski definition) is 2. The van der Waals surface area contributed by atoms with Crippen LogP contribution in [0.5, 0.6) is 11.9 Å². The fourth-order valence-corrected chi connectivity index (χ4v) is 8.48. The predicted octanol–water partition coefficient (Wildman–Crippen LogP) is 4.74. The Balaban J connectivity index is 1.31. The Labute approximate surface area is 267 Å². The zero-order chi connectivity index (χ0) is 31.6. The van der Waals surface area contributed by atoms with Crippen LogP contribution in [-0.4, -0.2) is 101 Å². The molecule has 11 nitrogen and oxygen atoms in total. The Bertz CT molecular complexity index is 1790. The van der Waals surface area contributed by atoms with Crippen molar-refractivity contribution in [3.63, 3.8) is 0 Å². The molecular weight excluding hydrogens is 589 g/mol. The van der Waals surface area contributed by atoms with Crippen LogP contribution in [-0.2, 0) is 4.74 Å². The summed E-state index contributed by atoms with van der Waals surface area (Å²) < 4.78 is 35.3. The van der Waals surface area contributed by atoms with Crippen LogP contribution in [0.2, 0.25) is 0 Å². The molecule has 4 aliphatic rings. The second-order valence-electron chi connectivity index (χ2n) is 13.7. The van der Waals surface area contributed by atoms with Gasteiger partial charge in [-0.3, -0.25) is 5.10 Å². The van der Waals surface area contributed by atoms with Gasteiger partial charge in [-0.05, 0) is 82.2 Å². The number of likely N-dealkylation sites (tertiary alicyclic amines) is 1. The number of aliphatic hydroxyl groups excluding tert-OH is 1. The smallest absolute Gasteiger partial charge is 0.319 e. The van der Waals surface area contributed by atoms with Gasteiger partial charge in [-0.2, -0.15) is 15.1 Å². The van der Waals surface area contributed by atoms with Crippen molar-refractivity contribution >= 4 is 27.6 Å². The van der Waals surface area contributed by atoms with E-state index >= 15 is 4.39 Å². The van der Waals surface area contributed by atoms with Gasteiger partial charge in [-0.25, -0.2) is 9.37 Å². The van der Waals surface area contributed by atoms with E-state index in [4.69, 9.17) is 29.2 Å². The van der Waals surface area contributed by atoms with Crippen molar-refractivity contribution in [1.82, 2.24) is 30.0 Å². The summed E-state index contributed by atoms with van der Waals surface area (Å²) in [6.07, 6.45) is 8.71. The van der Waals surface area contributed by atoms with Gasteiger partial charge < -0.3 is 29.1 Å². The van der Waals surface area contributed by atoms with Crippen molar-refractivity contribution in [1.29, 1.82) is 0 Å². The number of hydrogen-bond acceptors (Lipinski definition) is 10. The molecular formula is C34H42FN7O4. The van der Waals surface area contributed by atoms with Gasteiger partial charge in [0, 0.05) is 35.5 Å². The molecule has 2 aliphatic carbocycles. The molecule has 0 amide bonds. The quantitative estimate of drug-likeness (QED) is 0.296. The molecule has 2 aliphatic heterocycles. The number of anilines is 1. The number of H-pyrrole nitrogens is 1. The monoisotopic (exact) mass is 631 g/mol. The van der Waals surface area contributed by atoms with Crippen molar-refractivity contribution < 1.29 is 23.7 Å². The molecule has 46 heavy (non-hydrogen) atoms. The molecule has 5 heterocycles. The lowest BCUT2D eigenvalue weighted by Crippen LogP contribution is -2.50. The van der Waals surface area contributed by atoms with Crippen LogP contribution in [0.3, 0.4) is 0 Å². The van der Waals surface area contributed by atoms with Crippen molar-refractivity contribution in [2.24, 2.45) is 5.41 Å². The lowest BCUT2D eigenvalue weighted by molar-refractivity contribution is 0.0133. The maximum atomic E-state index is 17.3. The van der Waals surface area contributed by atoms with E-state index in [1.54, 1.807) is 6.20 Å². The minimum atomic E-state index is -0.737. The van der Waals surface area contributed by atoms with E-state index in [9.17, 15) is 5.11 Å². The number of aromatic nitrogens is 5. The summed E-state index contributed by atoms with van der Waals surface area (Å²) in [5, 5.41) is 19.2. The summed E-state index contributed by atoms with van der Waals surface area (Å²) in [6.45, 7) is 4.93. The molecule has 4 fully saturated rings. The van der Waals surface area contributed by atoms with Crippen LogP contribution in [0, 0.1) is 18.2 Å². The number of β-amino-alcohol motifs (C(OH)–C–C–N with tert-alkyl or cyclic N) is 1. The van der Waals surface area contributed by atoms with Crippen LogP contribution < -0.4 is 14.4 Å². The van der Waals surface area contributed by atoms with E-state index in [2.05, 4.69) is 35.1 Å². The molecule has 244 valence electrons. The average molecular weight is 632 g/mol. The summed E-state index contributed by atoms with van der Waals surface area (Å²) in [5.74, 6) is 0.416. The summed E-state index contributed by atoms with van der Waals surface area (Å²) in [4.78, 5) is 18.9. The topological polar surface area (TPSA) is 122 Å². The molecule has 0 spiro atoms. The zero-order valence-corrected chi connectivity index (χ0v) is 26.8. The standard InChI is InChI=1S/C34H42FN7O4/c1-19-14-23-22(15-36-40-23)26(25(19)20-7-8-20)29-28(35)30-27(32(37-29)44-3)31(42-12-13-45-17-21(43)16-42)39-33(38-30)46-18-34-9-4-6-24(34)41(2)11-5-10-34/h14-15,20-21,24,43H,4-13,16-18H2,1-3H3,(H,36,40). The Morgan fingerprint density at radius 1 is 1.15 bits per heavy atom. The summed E-state index contributed by atoms with van der Waals surface area (Å²) in [5.41, 5.74) is 4.00. The molecule has 2 saturated heterocycles. The number of aliphatic hydroxyl groups is 1. The number of benzene rings is 1. The van der Waals surface area contributed by atoms with E-state index in [0.717, 1.165) is 79.1 Å². The summed E-state index contributed by atoms with van der Waals surface area (Å²) in [7, 11) is 3.73. The fraction of sp³-hybridized carbons (Fsp3) is 0.588. The first-order chi connectivity index (χ1) is 22.4. The first-order valence-electron chi connectivity index (χ1n) is 16.6. The highest BCUT2D eigenvalue weighted by molar-refractivity contribution is 6.01. The highest BCUT2D eigenvalue weighted by Gasteiger charge is 2.47. The Morgan fingerprint density at radius 2 is 2.00 bits per heavy atom. The van der Waals surface area contributed by atoms with Gasteiger partial charge in [0.25, 0.3) is 0 Å². The SMILES string of the molecule is COc1nc(-c2c(C3CC3)c(C)cc3[nH]ncc23)c(F)c2nc(OCC34CCCC3N(C)CCC4)nc(N3CCOCC(O)C3)c12. The third-order valence-electron chi connectivity index (χ3n) is 10.7. The first kappa shape index (κ1) is 29.8. The summed E-state index contributed by atoms with van der Waals surface area (Å²) >= 11 is 0. The number of ether oxygens (including phenoxy) is 3. The largest absolute Gasteiger partial charge is 0.480 e. The zero-order valence-electron chi connectivity index (χ0n) is 26.8. The second-order valence-corrected chi connectivity index (χ2v) is 13.7. The number of nitrogens with zero attached hydrogens (tertiary/aromatic N) is 6. The Hall–Kier alpha value is -3.61. The number of aromatic amines is 1. The normalized spacial score (nSPS) is 25.6. The van der Waals surface area contributed by atoms with Crippen LogP contribution in [0.4, 0.5) is 10.2 Å². The number of methoxy groups -OCH3 is 1. The molecule has 4 aromatic rings. The van der Waals surface area contributed by atoms with Gasteiger partial charge in [0.05, 0.1) is 44.7 Å². The van der Waals surface area contributed by atoms with E-state index < -0.39 is 11.9 Å². The van der Waals surface area contributed by atoms with Crippen molar-refractivity contribution in [2.45, 2.75) is 69.9 Å². The molecule has 3 aromatic heterocycles. The van der Waals surface area contributed by atoms with Crippen molar-refractivity contribution in [3.05, 3.63) is 29.2 Å². The third-order valence-corrected chi connectivity index (χ3v) is 10.7. The average Bonchev–Trinajstić information content (AvgIpc) is 3.68. The molecule has 2 N–H and O–H groups in total. The number of fused-ring (bicyclic) bond motifs is 3. The molecule has 8 rings (SSSR count). The van der Waals surface area contributed by atoms with E-state index in [1.807, 2.05) is 4.90 Å². The molecule has 0 bridgehead atoms. The number of halogens is 1. The van der Waals surface area contributed by atoms with E-state index in [0.29, 0.717) is 42.9 Å². The Kier molecular flexibility index (Phi) is 7.49. The first-order valence-corrected chi connectivity index (χ1v) is 16.6. The third kappa shape index (κ3) is 4.96. The predicted molar refractivity (Wildman–Crippen MR) is 172 cm³/mol. The summed E-state index contributed by atoms with van der Waals surface area (Å²) in [6, 6.07) is 2.65. The number of nitrogens with one attached hydrogen (secondary N) is 1. The molecule has 2 saturated carbocycles. The molecule has 12 heteroatoms. The Morgan fingerprint density at radius 3 is 2.83 bits per heavy atom. The molecule has 3 atom stereocenters. The van der Waals surface area contributed by atoms with Gasteiger partial charge in [0.1, 0.15) is 22.4 Å². The van der Waals surface area contributed by atoms with Gasteiger partial charge in [-0.15, -0.1) is 0 Å². The van der Waals surface area contributed by atoms with Gasteiger partial charge in [0.15, 0.2) is 5.82 Å². The van der Waals surface area contributed by atoms with Gasteiger partial charge in [-0.1, -0.05) is 6.42 Å². The van der Waals surface area contributed by atoms with Gasteiger partial charge in [0.2, 0.25) is 5.88 Å². The number of aryl methyl sites for hydroxylation is 1. The molecule has 1 aromatic carbocycles. The van der Waals surface area contributed by atoms with Crippen LogP contribution in [0.15, 0.2) is 12.3 Å². The number of rotatable bonds is 7. The van der Waals surface area contributed by atoms with E-state index in [-0.39, 0.29) is 41.7 Å². The minimum Gasteiger partial charge on any atom is -0.480 e. The van der Waals surface area contributed by atoms with E-state index in [1.165, 1.54) is 7.11 Å². The minimum absolute atomic E-state index is 0.0192. The highest BCUT2D eigenvalue weighted by Crippen LogP contribution is 2.50. The fourth-order valence-electron chi connectivity index (χ4n) is 8.48. The van der Waals surface area contributed by atoms with Crippen molar-refractivity contribution in [3.8, 4) is 23.1 Å². The number of piperidine rings is 1. The number of pyridine rings is 1. The lowest BCUT2D eigenvalue weighted by atomic mass is 9.76. The highest BCUT2D eigenvalue weighted by atomic mass is 19.1. The van der Waals surface area contributed by atoms with Crippen LogP contribution in [0.1, 0.15) is 62.0 Å². The maximum Gasteiger partial charge on any atom is 0.319 e. The molecule has 0 radical (unpaired) electrons.